The van der Waals surface area contributed by atoms with Crippen molar-refractivity contribution < 1.29 is 5.11 Å². The van der Waals surface area contributed by atoms with Crippen molar-refractivity contribution in [3.05, 3.63) is 63.4 Å². The molecule has 26 heavy (non-hydrogen) atoms. The molecule has 0 aliphatic carbocycles. The molecule has 0 spiro atoms. The Kier molecular flexibility index (Phi) is 6.01. The minimum atomic E-state index is -0.105. The zero-order valence-electron chi connectivity index (χ0n) is 14.8. The molecule has 0 aliphatic heterocycles. The molecule has 0 bridgehead atoms. The largest absolute Gasteiger partial charge is 0.396 e. The number of rotatable bonds is 6. The molecule has 1 heterocycles. The summed E-state index contributed by atoms with van der Waals surface area (Å²) in [6.45, 7) is 4.33. The second-order valence-corrected chi connectivity index (χ2v) is 7.83. The van der Waals surface area contributed by atoms with Crippen molar-refractivity contribution in [1.82, 2.24) is 9.55 Å². The number of aromatic nitrogens is 2. The van der Waals surface area contributed by atoms with Gasteiger partial charge in [-0.1, -0.05) is 55.4 Å². The fourth-order valence-corrected chi connectivity index (χ4v) is 3.95. The lowest BCUT2D eigenvalue weighted by molar-refractivity contribution is 0.296. The lowest BCUT2D eigenvalue weighted by atomic mass is 10.0. The Morgan fingerprint density at radius 1 is 1.23 bits per heavy atom. The Labute approximate surface area is 161 Å². The average molecular weight is 389 g/mol. The van der Waals surface area contributed by atoms with Crippen molar-refractivity contribution in [2.75, 3.05) is 12.4 Å². The van der Waals surface area contributed by atoms with Crippen LogP contribution in [0.4, 0.5) is 0 Å². The van der Waals surface area contributed by atoms with E-state index in [1.165, 1.54) is 11.8 Å². The third-order valence-corrected chi connectivity index (χ3v) is 5.39. The van der Waals surface area contributed by atoms with Crippen LogP contribution in [0.5, 0.6) is 0 Å². The first kappa shape index (κ1) is 19.0. The fourth-order valence-electron chi connectivity index (χ4n) is 2.86. The van der Waals surface area contributed by atoms with Crippen molar-refractivity contribution in [2.24, 2.45) is 0 Å². The van der Waals surface area contributed by atoms with Gasteiger partial charge in [0, 0.05) is 17.4 Å². The minimum absolute atomic E-state index is 0.105. The maximum Gasteiger partial charge on any atom is 0.266 e. The smallest absolute Gasteiger partial charge is 0.266 e. The first-order valence-corrected chi connectivity index (χ1v) is 9.94. The monoisotopic (exact) mass is 388 g/mol. The van der Waals surface area contributed by atoms with Crippen LogP contribution in [0.1, 0.15) is 31.7 Å². The summed E-state index contributed by atoms with van der Waals surface area (Å²) in [5, 5.41) is 10.8. The third kappa shape index (κ3) is 3.80. The number of para-hydroxylation sites is 1. The maximum absolute atomic E-state index is 13.3. The van der Waals surface area contributed by atoms with Crippen molar-refractivity contribution in [1.29, 1.82) is 0 Å². The fraction of sp³-hybridized carbons (Fsp3) is 0.300. The van der Waals surface area contributed by atoms with E-state index in [0.29, 0.717) is 33.3 Å². The Balaban J connectivity index is 2.28. The van der Waals surface area contributed by atoms with Gasteiger partial charge in [0.2, 0.25) is 0 Å². The normalized spacial score (nSPS) is 11.4. The standard InChI is InChI=1S/C20H21ClN2O2S/c1-13(2)15-6-3-4-7-18(15)23-19(25)16-9-8-14(21)12-17(16)22-20(23)26-11-5-10-24/h3-4,6-9,12-13,24H,5,10-11H2,1-2H3. The van der Waals surface area contributed by atoms with Crippen molar-refractivity contribution >= 4 is 34.3 Å². The molecule has 136 valence electrons. The van der Waals surface area contributed by atoms with Gasteiger partial charge in [0.05, 0.1) is 16.6 Å². The zero-order valence-corrected chi connectivity index (χ0v) is 16.3. The van der Waals surface area contributed by atoms with Crippen LogP contribution in [0.3, 0.4) is 0 Å². The van der Waals surface area contributed by atoms with E-state index in [1.54, 1.807) is 22.8 Å². The lowest BCUT2D eigenvalue weighted by Crippen LogP contribution is -2.23. The highest BCUT2D eigenvalue weighted by atomic mass is 35.5. The molecule has 0 amide bonds. The van der Waals surface area contributed by atoms with Gasteiger partial charge < -0.3 is 5.11 Å². The van der Waals surface area contributed by atoms with Crippen LogP contribution in [0, 0.1) is 0 Å². The molecular formula is C20H21ClN2O2S. The van der Waals surface area contributed by atoms with Crippen LogP contribution in [0.2, 0.25) is 5.02 Å². The highest BCUT2D eigenvalue weighted by molar-refractivity contribution is 7.99. The van der Waals surface area contributed by atoms with Crippen molar-refractivity contribution in [3.63, 3.8) is 0 Å². The van der Waals surface area contributed by atoms with Gasteiger partial charge in [-0.25, -0.2) is 4.98 Å². The molecule has 1 N–H and O–H groups in total. The predicted molar refractivity (Wildman–Crippen MR) is 109 cm³/mol. The molecule has 0 radical (unpaired) electrons. The molecule has 0 aliphatic rings. The van der Waals surface area contributed by atoms with Gasteiger partial charge in [-0.2, -0.15) is 0 Å². The van der Waals surface area contributed by atoms with E-state index in [2.05, 4.69) is 13.8 Å². The number of benzene rings is 2. The van der Waals surface area contributed by atoms with E-state index in [4.69, 9.17) is 21.7 Å². The molecule has 3 rings (SSSR count). The summed E-state index contributed by atoms with van der Waals surface area (Å²) in [4.78, 5) is 18.0. The van der Waals surface area contributed by atoms with E-state index in [1.807, 2.05) is 24.3 Å². The average Bonchev–Trinajstić information content (AvgIpc) is 2.62. The number of halogens is 1. The van der Waals surface area contributed by atoms with Crippen LogP contribution >= 0.6 is 23.4 Å². The highest BCUT2D eigenvalue weighted by Gasteiger charge is 2.17. The van der Waals surface area contributed by atoms with E-state index in [9.17, 15) is 4.79 Å². The van der Waals surface area contributed by atoms with Gasteiger partial charge in [-0.05, 0) is 42.2 Å². The molecule has 0 saturated heterocycles. The Bertz CT molecular complexity index is 985. The number of fused-ring (bicyclic) bond motifs is 1. The van der Waals surface area contributed by atoms with E-state index >= 15 is 0 Å². The van der Waals surface area contributed by atoms with Crippen molar-refractivity contribution in [2.45, 2.75) is 31.3 Å². The Morgan fingerprint density at radius 3 is 2.73 bits per heavy atom. The number of thioether (sulfide) groups is 1. The molecule has 6 heteroatoms. The van der Waals surface area contributed by atoms with Gasteiger partial charge in [-0.3, -0.25) is 9.36 Å². The molecule has 3 aromatic rings. The van der Waals surface area contributed by atoms with Gasteiger partial charge in [0.1, 0.15) is 0 Å². The molecule has 2 aromatic carbocycles. The van der Waals surface area contributed by atoms with Gasteiger partial charge >= 0.3 is 0 Å². The third-order valence-electron chi connectivity index (χ3n) is 4.13. The Morgan fingerprint density at radius 2 is 2.00 bits per heavy atom. The van der Waals surface area contributed by atoms with Crippen molar-refractivity contribution in [3.8, 4) is 5.69 Å². The maximum atomic E-state index is 13.3. The summed E-state index contributed by atoms with van der Waals surface area (Å²) in [7, 11) is 0. The summed E-state index contributed by atoms with van der Waals surface area (Å²) in [5.41, 5.74) is 2.43. The summed E-state index contributed by atoms with van der Waals surface area (Å²) in [6, 6.07) is 13.1. The van der Waals surface area contributed by atoms with Crippen LogP contribution in [-0.2, 0) is 0 Å². The number of nitrogens with zero attached hydrogens (tertiary/aromatic N) is 2. The molecule has 1 aromatic heterocycles. The Hall–Kier alpha value is -1.82. The molecule has 0 fully saturated rings. The number of hydrogen-bond donors (Lipinski definition) is 1. The topological polar surface area (TPSA) is 55.1 Å². The van der Waals surface area contributed by atoms with E-state index < -0.39 is 0 Å². The lowest BCUT2D eigenvalue weighted by Gasteiger charge is -2.18. The first-order chi connectivity index (χ1) is 12.5. The van der Waals surface area contributed by atoms with Gasteiger partial charge in [0.25, 0.3) is 5.56 Å². The number of hydrogen-bond acceptors (Lipinski definition) is 4. The molecule has 0 saturated carbocycles. The molecule has 0 atom stereocenters. The highest BCUT2D eigenvalue weighted by Crippen LogP contribution is 2.27. The second kappa shape index (κ2) is 8.25. The van der Waals surface area contributed by atoms with Gasteiger partial charge in [-0.15, -0.1) is 0 Å². The quantitative estimate of drug-likeness (QED) is 0.380. The first-order valence-electron chi connectivity index (χ1n) is 8.58. The summed E-state index contributed by atoms with van der Waals surface area (Å²) in [6.07, 6.45) is 0.639. The minimum Gasteiger partial charge on any atom is -0.396 e. The van der Waals surface area contributed by atoms with Crippen LogP contribution in [0.15, 0.2) is 52.4 Å². The molecular weight excluding hydrogens is 368 g/mol. The summed E-state index contributed by atoms with van der Waals surface area (Å²) in [5.74, 6) is 0.952. The summed E-state index contributed by atoms with van der Waals surface area (Å²) >= 11 is 7.56. The zero-order chi connectivity index (χ0) is 18.7. The van der Waals surface area contributed by atoms with E-state index in [0.717, 1.165) is 11.3 Å². The molecule has 0 unspecified atom stereocenters. The summed E-state index contributed by atoms with van der Waals surface area (Å²) < 4.78 is 1.69. The van der Waals surface area contributed by atoms with E-state index in [-0.39, 0.29) is 18.1 Å². The van der Waals surface area contributed by atoms with Crippen LogP contribution in [-0.4, -0.2) is 27.0 Å². The SMILES string of the molecule is CC(C)c1ccccc1-n1c(SCCCO)nc2cc(Cl)ccc2c1=O. The number of aliphatic hydroxyl groups is 1. The molecule has 4 nitrogen and oxygen atoms in total. The van der Waals surface area contributed by atoms with Crippen LogP contribution < -0.4 is 5.56 Å². The second-order valence-electron chi connectivity index (χ2n) is 6.34. The van der Waals surface area contributed by atoms with Crippen LogP contribution in [0.25, 0.3) is 16.6 Å². The predicted octanol–water partition coefficient (Wildman–Crippen LogP) is 4.64. The van der Waals surface area contributed by atoms with Gasteiger partial charge in [0.15, 0.2) is 5.16 Å². The number of aliphatic hydroxyl groups excluding tert-OH is 1.